The molecule has 6 heteroatoms. The molecular weight excluding hydrogens is 230 g/mol. The number of rotatable bonds is 5. The van der Waals surface area contributed by atoms with Gasteiger partial charge in [-0.3, -0.25) is 4.79 Å². The minimum atomic E-state index is -1.05. The third kappa shape index (κ3) is 4.40. The Labute approximate surface area is 99.1 Å². The van der Waals surface area contributed by atoms with E-state index >= 15 is 0 Å². The van der Waals surface area contributed by atoms with Gasteiger partial charge in [0.1, 0.15) is 13.2 Å². The molecule has 1 aliphatic heterocycles. The van der Waals surface area contributed by atoms with Crippen molar-refractivity contribution in [3.63, 3.8) is 0 Å². The van der Waals surface area contributed by atoms with Gasteiger partial charge in [-0.15, -0.1) is 0 Å². The number of thioether (sulfide) groups is 1. The zero-order chi connectivity index (χ0) is 12.0. The lowest BCUT2D eigenvalue weighted by atomic mass is 10.3. The van der Waals surface area contributed by atoms with Crippen LogP contribution in [0.3, 0.4) is 0 Å². The van der Waals surface area contributed by atoms with E-state index in [-0.39, 0.29) is 12.5 Å². The molecule has 0 saturated carbocycles. The summed E-state index contributed by atoms with van der Waals surface area (Å²) in [4.78, 5) is 23.6. The molecule has 1 N–H and O–H groups in total. The normalized spacial score (nSPS) is 20.8. The van der Waals surface area contributed by atoms with Crippen LogP contribution in [0.5, 0.6) is 0 Å². The Morgan fingerprint density at radius 3 is 2.88 bits per heavy atom. The van der Waals surface area contributed by atoms with Gasteiger partial charge < -0.3 is 14.7 Å². The number of nitrogens with zero attached hydrogens (tertiary/aromatic N) is 1. The topological polar surface area (TPSA) is 66.8 Å². The molecule has 16 heavy (non-hydrogen) atoms. The predicted octanol–water partition coefficient (Wildman–Crippen LogP) is 0.442. The van der Waals surface area contributed by atoms with Crippen molar-refractivity contribution in [3.05, 3.63) is 0 Å². The van der Waals surface area contributed by atoms with Crippen LogP contribution in [0.15, 0.2) is 0 Å². The molecule has 1 atom stereocenters. The van der Waals surface area contributed by atoms with Crippen molar-refractivity contribution in [1.82, 2.24) is 4.90 Å². The molecule has 0 aromatic carbocycles. The van der Waals surface area contributed by atoms with Crippen LogP contribution in [-0.4, -0.2) is 59.2 Å². The molecule has 1 rings (SSSR count). The van der Waals surface area contributed by atoms with Gasteiger partial charge in [0.2, 0.25) is 5.91 Å². The van der Waals surface area contributed by atoms with Crippen molar-refractivity contribution in [2.75, 3.05) is 32.1 Å². The summed E-state index contributed by atoms with van der Waals surface area (Å²) in [5.41, 5.74) is 0. The van der Waals surface area contributed by atoms with E-state index in [1.54, 1.807) is 4.90 Å². The lowest BCUT2D eigenvalue weighted by molar-refractivity contribution is -0.145. The Morgan fingerprint density at radius 2 is 2.25 bits per heavy atom. The maximum atomic E-state index is 11.6. The molecule has 1 saturated heterocycles. The van der Waals surface area contributed by atoms with Crippen LogP contribution in [-0.2, 0) is 14.3 Å². The Morgan fingerprint density at radius 1 is 1.50 bits per heavy atom. The van der Waals surface area contributed by atoms with E-state index in [2.05, 4.69) is 6.92 Å². The van der Waals surface area contributed by atoms with Crippen LogP contribution >= 0.6 is 11.8 Å². The first kappa shape index (κ1) is 13.3. The van der Waals surface area contributed by atoms with Crippen LogP contribution in [0.25, 0.3) is 0 Å². The Bertz CT molecular complexity index is 259. The fourth-order valence-electron chi connectivity index (χ4n) is 1.51. The average Bonchev–Trinajstić information content (AvgIpc) is 2.28. The van der Waals surface area contributed by atoms with E-state index in [9.17, 15) is 9.59 Å². The van der Waals surface area contributed by atoms with Crippen molar-refractivity contribution in [3.8, 4) is 0 Å². The molecular formula is C10H17NO4S. The summed E-state index contributed by atoms with van der Waals surface area (Å²) in [5.74, 6) is -0.211. The quantitative estimate of drug-likeness (QED) is 0.763. The first-order valence-corrected chi connectivity index (χ1v) is 6.37. The second-order valence-electron chi connectivity index (χ2n) is 3.63. The van der Waals surface area contributed by atoms with Crippen molar-refractivity contribution < 1.29 is 19.4 Å². The second kappa shape index (κ2) is 6.75. The maximum absolute atomic E-state index is 11.6. The molecule has 1 fully saturated rings. The van der Waals surface area contributed by atoms with E-state index in [1.165, 1.54) is 0 Å². The molecule has 1 amide bonds. The van der Waals surface area contributed by atoms with Crippen LogP contribution in [0.1, 0.15) is 13.3 Å². The molecule has 1 unspecified atom stereocenters. The van der Waals surface area contributed by atoms with Gasteiger partial charge in [-0.25, -0.2) is 4.79 Å². The summed E-state index contributed by atoms with van der Waals surface area (Å²) >= 11 is 1.88. The standard InChI is InChI=1S/C10H17NO4S/c1-2-8-5-11(3-4-16-8)9(12)6-15-7-10(13)14/h8H,2-7H2,1H3,(H,13,14). The van der Waals surface area contributed by atoms with Crippen LogP contribution in [0.4, 0.5) is 0 Å². The SMILES string of the molecule is CCC1CN(C(=O)COCC(=O)O)CCS1. The summed E-state index contributed by atoms with van der Waals surface area (Å²) in [7, 11) is 0. The molecule has 5 nitrogen and oxygen atoms in total. The molecule has 0 aromatic rings. The van der Waals surface area contributed by atoms with Gasteiger partial charge in [-0.1, -0.05) is 6.92 Å². The smallest absolute Gasteiger partial charge is 0.329 e. The van der Waals surface area contributed by atoms with Gasteiger partial charge in [0, 0.05) is 24.1 Å². The second-order valence-corrected chi connectivity index (χ2v) is 5.04. The fourth-order valence-corrected chi connectivity index (χ4v) is 2.69. The van der Waals surface area contributed by atoms with Crippen molar-refractivity contribution >= 4 is 23.6 Å². The third-order valence-corrected chi connectivity index (χ3v) is 3.77. The highest BCUT2D eigenvalue weighted by Gasteiger charge is 2.22. The number of carboxylic acids is 1. The number of aliphatic carboxylic acids is 1. The average molecular weight is 247 g/mol. The van der Waals surface area contributed by atoms with Crippen LogP contribution < -0.4 is 0 Å². The van der Waals surface area contributed by atoms with Gasteiger partial charge >= 0.3 is 5.97 Å². The number of amides is 1. The zero-order valence-corrected chi connectivity index (χ0v) is 10.2. The Balaban J connectivity index is 2.27. The number of carbonyl (C=O) groups excluding carboxylic acids is 1. The number of ether oxygens (including phenoxy) is 1. The highest BCUT2D eigenvalue weighted by atomic mass is 32.2. The maximum Gasteiger partial charge on any atom is 0.329 e. The minimum Gasteiger partial charge on any atom is -0.480 e. The number of carboxylic acid groups (broad SMARTS) is 1. The lowest BCUT2D eigenvalue weighted by Crippen LogP contribution is -2.43. The Kier molecular flexibility index (Phi) is 5.62. The number of hydrogen-bond donors (Lipinski definition) is 1. The highest BCUT2D eigenvalue weighted by Crippen LogP contribution is 2.20. The summed E-state index contributed by atoms with van der Waals surface area (Å²) in [5, 5.41) is 8.86. The van der Waals surface area contributed by atoms with Gasteiger partial charge in [0.05, 0.1) is 0 Å². The molecule has 1 heterocycles. The predicted molar refractivity (Wildman–Crippen MR) is 61.6 cm³/mol. The molecule has 0 bridgehead atoms. The lowest BCUT2D eigenvalue weighted by Gasteiger charge is -2.31. The van der Waals surface area contributed by atoms with E-state index in [4.69, 9.17) is 9.84 Å². The first-order chi connectivity index (χ1) is 7.63. The van der Waals surface area contributed by atoms with Crippen molar-refractivity contribution in [2.45, 2.75) is 18.6 Å². The molecule has 1 aliphatic rings. The largest absolute Gasteiger partial charge is 0.480 e. The monoisotopic (exact) mass is 247 g/mol. The number of hydrogen-bond acceptors (Lipinski definition) is 4. The van der Waals surface area contributed by atoms with Gasteiger partial charge in [0.25, 0.3) is 0 Å². The van der Waals surface area contributed by atoms with E-state index < -0.39 is 12.6 Å². The molecule has 92 valence electrons. The van der Waals surface area contributed by atoms with Crippen LogP contribution in [0.2, 0.25) is 0 Å². The van der Waals surface area contributed by atoms with Gasteiger partial charge in [0.15, 0.2) is 0 Å². The molecule has 0 aromatic heterocycles. The first-order valence-electron chi connectivity index (χ1n) is 5.32. The van der Waals surface area contributed by atoms with Gasteiger partial charge in [-0.05, 0) is 6.42 Å². The third-order valence-electron chi connectivity index (χ3n) is 2.40. The summed E-state index contributed by atoms with van der Waals surface area (Å²) in [6.45, 7) is 3.04. The molecule has 0 spiro atoms. The van der Waals surface area contributed by atoms with Crippen molar-refractivity contribution in [2.24, 2.45) is 0 Å². The van der Waals surface area contributed by atoms with Gasteiger partial charge in [-0.2, -0.15) is 11.8 Å². The van der Waals surface area contributed by atoms with E-state index in [1.807, 2.05) is 11.8 Å². The number of carbonyl (C=O) groups is 2. The summed E-state index contributed by atoms with van der Waals surface area (Å²) < 4.78 is 4.78. The van der Waals surface area contributed by atoms with Crippen molar-refractivity contribution in [1.29, 1.82) is 0 Å². The van der Waals surface area contributed by atoms with Crippen LogP contribution in [0, 0.1) is 0 Å². The van der Waals surface area contributed by atoms with E-state index in [0.717, 1.165) is 25.3 Å². The highest BCUT2D eigenvalue weighted by molar-refractivity contribution is 8.00. The Hall–Kier alpha value is -0.750. The molecule has 0 aliphatic carbocycles. The summed E-state index contributed by atoms with van der Waals surface area (Å²) in [6.07, 6.45) is 1.05. The fraction of sp³-hybridized carbons (Fsp3) is 0.800. The minimum absolute atomic E-state index is 0.111. The zero-order valence-electron chi connectivity index (χ0n) is 9.35. The van der Waals surface area contributed by atoms with E-state index in [0.29, 0.717) is 5.25 Å². The molecule has 0 radical (unpaired) electrons. The summed E-state index contributed by atoms with van der Waals surface area (Å²) in [6, 6.07) is 0.